The van der Waals surface area contributed by atoms with E-state index in [2.05, 4.69) is 4.98 Å². The highest BCUT2D eigenvalue weighted by Crippen LogP contribution is 2.16. The molecule has 0 unspecified atom stereocenters. The molecular weight excluding hydrogens is 176 g/mol. The smallest absolute Gasteiger partial charge is 0.129 e. The number of aromatic nitrogens is 1. The molecule has 0 spiro atoms. The Balaban J connectivity index is 3.00. The van der Waals surface area contributed by atoms with Crippen LogP contribution in [0.5, 0.6) is 0 Å². The fourth-order valence-corrected chi connectivity index (χ4v) is 1.24. The van der Waals surface area contributed by atoms with Crippen molar-refractivity contribution in [3.8, 4) is 0 Å². The lowest BCUT2D eigenvalue weighted by molar-refractivity contribution is 0.186. The van der Waals surface area contributed by atoms with Crippen LogP contribution in [0.3, 0.4) is 0 Å². The normalized spacial score (nSPS) is 13.0. The maximum atomic E-state index is 9.37. The van der Waals surface area contributed by atoms with Crippen molar-refractivity contribution in [2.45, 2.75) is 13.0 Å². The van der Waals surface area contributed by atoms with Crippen molar-refractivity contribution in [2.24, 2.45) is 5.73 Å². The second kappa shape index (κ2) is 3.85. The van der Waals surface area contributed by atoms with E-state index in [4.69, 9.17) is 17.3 Å². The van der Waals surface area contributed by atoms with E-state index in [0.29, 0.717) is 5.15 Å². The molecule has 1 aromatic rings. The number of nitrogens with two attached hydrogens (primary N) is 1. The molecule has 1 atom stereocenters. The highest BCUT2D eigenvalue weighted by atomic mass is 35.5. The fraction of sp³-hybridized carbons (Fsp3) is 0.375. The van der Waals surface area contributed by atoms with Crippen LogP contribution in [0.4, 0.5) is 0 Å². The molecule has 1 heterocycles. The first-order chi connectivity index (χ1) is 5.63. The van der Waals surface area contributed by atoms with Crippen molar-refractivity contribution in [2.75, 3.05) is 6.54 Å². The first-order valence-electron chi connectivity index (χ1n) is 3.65. The molecule has 1 rings (SSSR count). The van der Waals surface area contributed by atoms with E-state index in [1.165, 1.54) is 0 Å². The van der Waals surface area contributed by atoms with Crippen LogP contribution in [0.25, 0.3) is 0 Å². The molecule has 66 valence electrons. The lowest BCUT2D eigenvalue weighted by Gasteiger charge is -2.08. The molecule has 0 saturated carbocycles. The van der Waals surface area contributed by atoms with Crippen molar-refractivity contribution in [3.63, 3.8) is 0 Å². The van der Waals surface area contributed by atoms with E-state index in [1.807, 2.05) is 6.92 Å². The Morgan fingerprint density at radius 2 is 2.33 bits per heavy atom. The minimum atomic E-state index is -0.649. The average Bonchev–Trinajstić information content (AvgIpc) is 2.01. The van der Waals surface area contributed by atoms with E-state index in [-0.39, 0.29) is 6.54 Å². The Morgan fingerprint density at radius 3 is 2.83 bits per heavy atom. The van der Waals surface area contributed by atoms with Gasteiger partial charge in [-0.2, -0.15) is 0 Å². The quantitative estimate of drug-likeness (QED) is 0.679. The fourth-order valence-electron chi connectivity index (χ4n) is 0.982. The lowest BCUT2D eigenvalue weighted by atomic mass is 10.1. The molecule has 0 aliphatic carbocycles. The van der Waals surface area contributed by atoms with Gasteiger partial charge in [0, 0.05) is 12.2 Å². The number of aliphatic hydroxyl groups is 1. The summed E-state index contributed by atoms with van der Waals surface area (Å²) >= 11 is 5.69. The monoisotopic (exact) mass is 186 g/mol. The Hall–Kier alpha value is -0.640. The first-order valence-corrected chi connectivity index (χ1v) is 4.03. The SMILES string of the molecule is Cc1cc([C@@H](O)CN)cc(Cl)n1. The van der Waals surface area contributed by atoms with Crippen LogP contribution in [0, 0.1) is 6.92 Å². The summed E-state index contributed by atoms with van der Waals surface area (Å²) in [6, 6.07) is 3.38. The number of aliphatic hydroxyl groups excluding tert-OH is 1. The number of rotatable bonds is 2. The number of hydrogen-bond donors (Lipinski definition) is 2. The molecule has 0 saturated heterocycles. The molecule has 0 amide bonds. The van der Waals surface area contributed by atoms with Crippen molar-refractivity contribution >= 4 is 11.6 Å². The van der Waals surface area contributed by atoms with Crippen molar-refractivity contribution < 1.29 is 5.11 Å². The molecule has 3 N–H and O–H groups in total. The first kappa shape index (κ1) is 9.45. The van der Waals surface area contributed by atoms with Crippen LogP contribution >= 0.6 is 11.6 Å². The second-order valence-corrected chi connectivity index (χ2v) is 3.00. The summed E-state index contributed by atoms with van der Waals surface area (Å²) in [5.41, 5.74) is 6.79. The predicted octanol–water partition coefficient (Wildman–Crippen LogP) is 1.04. The van der Waals surface area contributed by atoms with Gasteiger partial charge in [0.1, 0.15) is 5.15 Å². The van der Waals surface area contributed by atoms with Gasteiger partial charge in [0.15, 0.2) is 0 Å². The molecule has 1 aromatic heterocycles. The largest absolute Gasteiger partial charge is 0.387 e. The van der Waals surface area contributed by atoms with Crippen molar-refractivity contribution in [3.05, 3.63) is 28.5 Å². The highest BCUT2D eigenvalue weighted by molar-refractivity contribution is 6.29. The Bertz CT molecular complexity index is 258. The molecule has 4 heteroatoms. The molecule has 0 aromatic carbocycles. The Kier molecular flexibility index (Phi) is 3.03. The van der Waals surface area contributed by atoms with Gasteiger partial charge in [-0.15, -0.1) is 0 Å². The van der Waals surface area contributed by atoms with Gasteiger partial charge in [0.05, 0.1) is 6.10 Å². The van der Waals surface area contributed by atoms with Gasteiger partial charge >= 0.3 is 0 Å². The summed E-state index contributed by atoms with van der Waals surface area (Å²) in [5.74, 6) is 0. The summed E-state index contributed by atoms with van der Waals surface area (Å²) in [7, 11) is 0. The Morgan fingerprint density at radius 1 is 1.67 bits per heavy atom. The summed E-state index contributed by atoms with van der Waals surface area (Å²) in [4.78, 5) is 3.96. The van der Waals surface area contributed by atoms with E-state index in [0.717, 1.165) is 11.3 Å². The molecular formula is C8H11ClN2O. The third-order valence-electron chi connectivity index (χ3n) is 1.55. The Labute approximate surface area is 76.2 Å². The van der Waals surface area contributed by atoms with Gasteiger partial charge in [0.2, 0.25) is 0 Å². The second-order valence-electron chi connectivity index (χ2n) is 2.62. The predicted molar refractivity (Wildman–Crippen MR) is 48.0 cm³/mol. The third kappa shape index (κ3) is 2.17. The summed E-state index contributed by atoms with van der Waals surface area (Å²) in [6.07, 6.45) is -0.649. The summed E-state index contributed by atoms with van der Waals surface area (Å²) in [6.45, 7) is 2.01. The zero-order chi connectivity index (χ0) is 9.14. The molecule has 0 fully saturated rings. The molecule has 12 heavy (non-hydrogen) atoms. The molecule has 3 nitrogen and oxygen atoms in total. The van der Waals surface area contributed by atoms with E-state index < -0.39 is 6.10 Å². The third-order valence-corrected chi connectivity index (χ3v) is 1.75. The van der Waals surface area contributed by atoms with Crippen LogP contribution in [0.2, 0.25) is 5.15 Å². The van der Waals surface area contributed by atoms with Crippen LogP contribution in [-0.4, -0.2) is 16.6 Å². The minimum absolute atomic E-state index is 0.194. The average molecular weight is 187 g/mol. The van der Waals surface area contributed by atoms with Gasteiger partial charge in [0.25, 0.3) is 0 Å². The van der Waals surface area contributed by atoms with Gasteiger partial charge in [-0.1, -0.05) is 11.6 Å². The molecule has 0 radical (unpaired) electrons. The molecule has 0 aliphatic heterocycles. The van der Waals surface area contributed by atoms with Crippen molar-refractivity contribution in [1.29, 1.82) is 0 Å². The summed E-state index contributed by atoms with van der Waals surface area (Å²) in [5, 5.41) is 9.75. The number of halogens is 1. The maximum Gasteiger partial charge on any atom is 0.129 e. The van der Waals surface area contributed by atoms with Gasteiger partial charge in [-0.3, -0.25) is 0 Å². The number of nitrogens with zero attached hydrogens (tertiary/aromatic N) is 1. The van der Waals surface area contributed by atoms with Crippen LogP contribution < -0.4 is 5.73 Å². The number of hydrogen-bond acceptors (Lipinski definition) is 3. The topological polar surface area (TPSA) is 59.1 Å². The van der Waals surface area contributed by atoms with Crippen molar-refractivity contribution in [1.82, 2.24) is 4.98 Å². The van der Waals surface area contributed by atoms with Crippen LogP contribution in [-0.2, 0) is 0 Å². The number of pyridine rings is 1. The standard InChI is InChI=1S/C8H11ClN2O/c1-5-2-6(7(12)4-10)3-8(9)11-5/h2-3,7,12H,4,10H2,1H3/t7-/m0/s1. The van der Waals surface area contributed by atoms with Crippen LogP contribution in [0.15, 0.2) is 12.1 Å². The van der Waals surface area contributed by atoms with Gasteiger partial charge < -0.3 is 10.8 Å². The molecule has 0 aliphatic rings. The molecule has 0 bridgehead atoms. The summed E-state index contributed by atoms with van der Waals surface area (Å²) < 4.78 is 0. The van der Waals surface area contributed by atoms with E-state index in [9.17, 15) is 5.11 Å². The van der Waals surface area contributed by atoms with Crippen LogP contribution in [0.1, 0.15) is 17.4 Å². The van der Waals surface area contributed by atoms with E-state index >= 15 is 0 Å². The highest BCUT2D eigenvalue weighted by Gasteiger charge is 2.06. The minimum Gasteiger partial charge on any atom is -0.387 e. The zero-order valence-electron chi connectivity index (χ0n) is 6.79. The zero-order valence-corrected chi connectivity index (χ0v) is 7.54. The lowest BCUT2D eigenvalue weighted by Crippen LogP contribution is -2.11. The maximum absolute atomic E-state index is 9.37. The van der Waals surface area contributed by atoms with Gasteiger partial charge in [-0.05, 0) is 24.6 Å². The van der Waals surface area contributed by atoms with E-state index in [1.54, 1.807) is 12.1 Å². The number of aryl methyl sites for hydroxylation is 1. The van der Waals surface area contributed by atoms with Gasteiger partial charge in [-0.25, -0.2) is 4.98 Å².